The molecule has 4 rings (SSSR count). The monoisotopic (exact) mass is 294 g/mol. The first-order valence-electron chi connectivity index (χ1n) is 8.94. The van der Waals surface area contributed by atoms with Crippen molar-refractivity contribution in [3.8, 4) is 0 Å². The van der Waals surface area contributed by atoms with Crippen LogP contribution in [0.3, 0.4) is 0 Å². The highest BCUT2D eigenvalue weighted by atomic mass is 16.6. The third-order valence-corrected chi connectivity index (χ3v) is 6.26. The smallest absolute Gasteiger partial charge is 0.124 e. The second kappa shape index (κ2) is 4.58. The van der Waals surface area contributed by atoms with Crippen LogP contribution in [-0.2, 0) is 11.2 Å². The highest BCUT2D eigenvalue weighted by Crippen LogP contribution is 2.69. The van der Waals surface area contributed by atoms with Gasteiger partial charge in [0.15, 0.2) is 0 Å². The summed E-state index contributed by atoms with van der Waals surface area (Å²) >= 11 is 0. The Balaban J connectivity index is 2.00. The molecule has 0 spiro atoms. The summed E-state index contributed by atoms with van der Waals surface area (Å²) in [6, 6.07) is 8.96. The Labute approximate surface area is 134 Å². The predicted molar refractivity (Wildman–Crippen MR) is 91.8 cm³/mol. The average molecular weight is 294 g/mol. The number of allylic oxidation sites excluding steroid dienone is 2. The molecule has 1 aromatic rings. The molecule has 0 aromatic heterocycles. The van der Waals surface area contributed by atoms with E-state index in [0.29, 0.717) is 0 Å². The number of rotatable bonds is 4. The highest BCUT2D eigenvalue weighted by Gasteiger charge is 2.73. The number of hydrogen-bond donors (Lipinski definition) is 0. The normalized spacial score (nSPS) is 32.0. The molecule has 2 atom stereocenters. The summed E-state index contributed by atoms with van der Waals surface area (Å²) in [6.45, 7) is 9.21. The molecule has 0 amide bonds. The molecule has 1 aliphatic heterocycles. The van der Waals surface area contributed by atoms with E-state index in [1.807, 2.05) is 0 Å². The van der Waals surface area contributed by atoms with Crippen LogP contribution in [-0.4, -0.2) is 11.2 Å². The van der Waals surface area contributed by atoms with Crippen molar-refractivity contribution in [2.24, 2.45) is 0 Å². The molecule has 1 aromatic carbocycles. The molecule has 0 radical (unpaired) electrons. The van der Waals surface area contributed by atoms with Crippen LogP contribution in [0.2, 0.25) is 0 Å². The molecule has 1 fully saturated rings. The van der Waals surface area contributed by atoms with E-state index in [-0.39, 0.29) is 11.2 Å². The maximum atomic E-state index is 6.62. The first kappa shape index (κ1) is 14.3. The van der Waals surface area contributed by atoms with Gasteiger partial charge in [-0.25, -0.2) is 0 Å². The molecule has 0 bridgehead atoms. The Morgan fingerprint density at radius 3 is 2.32 bits per heavy atom. The van der Waals surface area contributed by atoms with Crippen molar-refractivity contribution in [1.29, 1.82) is 0 Å². The maximum Gasteiger partial charge on any atom is 0.124 e. The number of ether oxygens (including phenoxy) is 1. The second-order valence-corrected chi connectivity index (χ2v) is 6.81. The molecule has 0 saturated carbocycles. The Morgan fingerprint density at radius 2 is 1.68 bits per heavy atom. The summed E-state index contributed by atoms with van der Waals surface area (Å²) in [7, 11) is 0. The van der Waals surface area contributed by atoms with Crippen LogP contribution in [0.5, 0.6) is 0 Å². The molecule has 3 aliphatic rings. The molecule has 1 heteroatoms. The second-order valence-electron chi connectivity index (χ2n) is 6.81. The first-order chi connectivity index (χ1) is 10.7. The Hall–Kier alpha value is -1.34. The van der Waals surface area contributed by atoms with Crippen molar-refractivity contribution in [2.45, 2.75) is 71.0 Å². The van der Waals surface area contributed by atoms with E-state index in [1.54, 1.807) is 22.3 Å². The van der Waals surface area contributed by atoms with Gasteiger partial charge in [-0.15, -0.1) is 0 Å². The highest BCUT2D eigenvalue weighted by molar-refractivity contribution is 5.92. The molecule has 22 heavy (non-hydrogen) atoms. The molecule has 1 saturated heterocycles. The number of epoxide rings is 1. The van der Waals surface area contributed by atoms with Gasteiger partial charge in [-0.1, -0.05) is 52.0 Å². The van der Waals surface area contributed by atoms with E-state index in [0.717, 1.165) is 32.1 Å². The summed E-state index contributed by atoms with van der Waals surface area (Å²) in [5.41, 5.74) is 9.21. The van der Waals surface area contributed by atoms with Gasteiger partial charge in [0.05, 0.1) is 0 Å². The van der Waals surface area contributed by atoms with E-state index in [1.165, 1.54) is 11.1 Å². The van der Waals surface area contributed by atoms with Crippen LogP contribution in [0.1, 0.15) is 64.5 Å². The minimum atomic E-state index is -0.0138. The summed E-state index contributed by atoms with van der Waals surface area (Å²) < 4.78 is 6.62. The fourth-order valence-corrected chi connectivity index (χ4v) is 5.36. The predicted octanol–water partition coefficient (Wildman–Crippen LogP) is 5.45. The molecule has 2 unspecified atom stereocenters. The van der Waals surface area contributed by atoms with Crippen LogP contribution >= 0.6 is 0 Å². The molecular formula is C21H26O. The molecule has 2 aliphatic carbocycles. The number of benzene rings is 1. The maximum absolute atomic E-state index is 6.62. The van der Waals surface area contributed by atoms with Gasteiger partial charge >= 0.3 is 0 Å². The topological polar surface area (TPSA) is 12.5 Å². The minimum absolute atomic E-state index is 0.00270. The van der Waals surface area contributed by atoms with Gasteiger partial charge in [0.25, 0.3) is 0 Å². The van der Waals surface area contributed by atoms with E-state index >= 15 is 0 Å². The minimum Gasteiger partial charge on any atom is -0.353 e. The zero-order valence-electron chi connectivity index (χ0n) is 14.3. The summed E-state index contributed by atoms with van der Waals surface area (Å²) in [4.78, 5) is 0. The summed E-state index contributed by atoms with van der Waals surface area (Å²) in [5, 5.41) is 0. The summed E-state index contributed by atoms with van der Waals surface area (Å²) in [6.07, 6.45) is 5.50. The van der Waals surface area contributed by atoms with Gasteiger partial charge in [0.2, 0.25) is 0 Å². The lowest BCUT2D eigenvalue weighted by Crippen LogP contribution is -2.33. The van der Waals surface area contributed by atoms with Crippen molar-refractivity contribution in [1.82, 2.24) is 0 Å². The van der Waals surface area contributed by atoms with Crippen LogP contribution in [0.15, 0.2) is 41.0 Å². The van der Waals surface area contributed by atoms with Crippen molar-refractivity contribution < 1.29 is 4.74 Å². The van der Waals surface area contributed by atoms with E-state index in [2.05, 4.69) is 52.0 Å². The van der Waals surface area contributed by atoms with E-state index in [9.17, 15) is 0 Å². The fraction of sp³-hybridized carbons (Fsp3) is 0.524. The van der Waals surface area contributed by atoms with Gasteiger partial charge in [0, 0.05) is 0 Å². The van der Waals surface area contributed by atoms with Crippen LogP contribution in [0, 0.1) is 0 Å². The van der Waals surface area contributed by atoms with Gasteiger partial charge < -0.3 is 4.74 Å². The van der Waals surface area contributed by atoms with E-state index < -0.39 is 0 Å². The average Bonchev–Trinajstić information content (AvgIpc) is 3.11. The third kappa shape index (κ3) is 1.39. The van der Waals surface area contributed by atoms with Crippen molar-refractivity contribution >= 4 is 5.57 Å². The standard InChI is InChI=1S/C21H26O/c1-5-15-17(6-2)20(7-3)21(8-4,22-20)18-13-14-11-9-10-12-16(14)19(15)18/h9-12H,5-8,13H2,1-4H3. The van der Waals surface area contributed by atoms with Crippen LogP contribution in [0.4, 0.5) is 0 Å². The van der Waals surface area contributed by atoms with Crippen LogP contribution < -0.4 is 0 Å². The van der Waals surface area contributed by atoms with Crippen molar-refractivity contribution in [3.63, 3.8) is 0 Å². The van der Waals surface area contributed by atoms with E-state index in [4.69, 9.17) is 4.74 Å². The van der Waals surface area contributed by atoms with Crippen LogP contribution in [0.25, 0.3) is 5.57 Å². The third-order valence-electron chi connectivity index (χ3n) is 6.26. The van der Waals surface area contributed by atoms with Gasteiger partial charge in [-0.05, 0) is 65.5 Å². The van der Waals surface area contributed by atoms with Crippen molar-refractivity contribution in [2.75, 3.05) is 0 Å². The molecule has 0 N–H and O–H groups in total. The molecule has 1 nitrogen and oxygen atoms in total. The quantitative estimate of drug-likeness (QED) is 0.672. The Kier molecular flexibility index (Phi) is 2.97. The lowest BCUT2D eigenvalue weighted by molar-refractivity contribution is 0.283. The lowest BCUT2D eigenvalue weighted by Gasteiger charge is -2.31. The largest absolute Gasteiger partial charge is 0.353 e. The lowest BCUT2D eigenvalue weighted by atomic mass is 9.68. The first-order valence-corrected chi connectivity index (χ1v) is 8.94. The fourth-order valence-electron chi connectivity index (χ4n) is 5.36. The Bertz CT molecular complexity index is 708. The SMILES string of the molecule is CCC1=C(CC)C2(CC)OC2(CC)C2=C1c1ccccc1C2. The van der Waals surface area contributed by atoms with Gasteiger partial charge in [0.1, 0.15) is 11.2 Å². The zero-order chi connectivity index (χ0) is 15.5. The molecule has 1 heterocycles. The number of hydrogen-bond acceptors (Lipinski definition) is 1. The zero-order valence-corrected chi connectivity index (χ0v) is 14.3. The van der Waals surface area contributed by atoms with Gasteiger partial charge in [-0.2, -0.15) is 0 Å². The van der Waals surface area contributed by atoms with Crippen molar-refractivity contribution in [3.05, 3.63) is 52.1 Å². The summed E-state index contributed by atoms with van der Waals surface area (Å²) in [5.74, 6) is 0. The Morgan fingerprint density at radius 1 is 0.955 bits per heavy atom. The molecule has 116 valence electrons. The molecular weight excluding hydrogens is 268 g/mol. The van der Waals surface area contributed by atoms with Gasteiger partial charge in [-0.3, -0.25) is 0 Å². The number of fused-ring (bicyclic) bond motifs is 4.